The van der Waals surface area contributed by atoms with E-state index in [0.29, 0.717) is 24.3 Å². The van der Waals surface area contributed by atoms with Gasteiger partial charge >= 0.3 is 0 Å². The number of ether oxygens (including phenoxy) is 4. The average Bonchev–Trinajstić information content (AvgIpc) is 2.87. The minimum Gasteiger partial charge on any atom is -0.504 e. The van der Waals surface area contributed by atoms with Gasteiger partial charge in [-0.2, -0.15) is 0 Å². The van der Waals surface area contributed by atoms with Crippen LogP contribution in [0.25, 0.3) is 0 Å². The van der Waals surface area contributed by atoms with Gasteiger partial charge in [0, 0.05) is 13.2 Å². The van der Waals surface area contributed by atoms with Gasteiger partial charge in [-0.05, 0) is 60.1 Å². The van der Waals surface area contributed by atoms with Gasteiger partial charge < -0.3 is 49.6 Å². The quantitative estimate of drug-likeness (QED) is 0.255. The number of phenols is 1. The first-order valence-corrected chi connectivity index (χ1v) is 11.4. The first-order chi connectivity index (χ1) is 16.8. The Kier molecular flexibility index (Phi) is 9.55. The Hall–Kier alpha value is -2.60. The third-order valence-electron chi connectivity index (χ3n) is 6.30. The number of hydrogen-bond acceptors (Lipinski definition) is 10. The molecule has 194 valence electrons. The summed E-state index contributed by atoms with van der Waals surface area (Å²) in [5, 5.41) is 59.5. The van der Waals surface area contributed by atoms with Crippen molar-refractivity contribution in [2.75, 3.05) is 34.0 Å². The maximum atomic E-state index is 10.1. The maximum absolute atomic E-state index is 10.1. The Balaban J connectivity index is 1.71. The number of hydrogen-bond donors (Lipinski definition) is 6. The zero-order valence-electron chi connectivity index (χ0n) is 19.8. The normalized spacial score (nSPS) is 24.0. The van der Waals surface area contributed by atoms with Gasteiger partial charge in [0.25, 0.3) is 0 Å². The Bertz CT molecular complexity index is 952. The lowest BCUT2D eigenvalue weighted by atomic mass is 9.83. The third-order valence-corrected chi connectivity index (χ3v) is 6.30. The largest absolute Gasteiger partial charge is 0.504 e. The van der Waals surface area contributed by atoms with Gasteiger partial charge in [-0.3, -0.25) is 0 Å². The molecule has 1 aliphatic heterocycles. The molecule has 1 fully saturated rings. The van der Waals surface area contributed by atoms with Gasteiger partial charge in [-0.1, -0.05) is 12.1 Å². The summed E-state index contributed by atoms with van der Waals surface area (Å²) in [6, 6.07) is 10.1. The lowest BCUT2D eigenvalue weighted by Gasteiger charge is -2.35. The van der Waals surface area contributed by atoms with Gasteiger partial charge in [0.05, 0.1) is 20.8 Å². The predicted octanol–water partition coefficient (Wildman–Crippen LogP) is 0.229. The molecule has 0 spiro atoms. The summed E-state index contributed by atoms with van der Waals surface area (Å²) in [4.78, 5) is 0. The summed E-state index contributed by atoms with van der Waals surface area (Å²) in [7, 11) is 2.92. The molecule has 1 heterocycles. The van der Waals surface area contributed by atoms with Crippen molar-refractivity contribution in [1.82, 2.24) is 0 Å². The smallest absolute Gasteiger partial charge is 0.229 e. The molecule has 1 saturated heterocycles. The molecule has 0 amide bonds. The molecule has 0 bridgehead atoms. The number of benzene rings is 2. The van der Waals surface area contributed by atoms with E-state index in [-0.39, 0.29) is 43.2 Å². The molecule has 3 rings (SSSR count). The van der Waals surface area contributed by atoms with Gasteiger partial charge in [-0.25, -0.2) is 0 Å². The maximum Gasteiger partial charge on any atom is 0.229 e. The van der Waals surface area contributed by atoms with E-state index in [4.69, 9.17) is 18.9 Å². The first kappa shape index (κ1) is 27.0. The number of aliphatic hydroxyl groups excluding tert-OH is 5. The van der Waals surface area contributed by atoms with Gasteiger partial charge in [0.1, 0.15) is 18.3 Å². The lowest BCUT2D eigenvalue weighted by Crippen LogP contribution is -2.54. The summed E-state index contributed by atoms with van der Waals surface area (Å²) in [6.45, 7) is -0.474. The molecule has 0 aromatic heterocycles. The highest BCUT2D eigenvalue weighted by atomic mass is 16.7. The van der Waals surface area contributed by atoms with Gasteiger partial charge in [0.2, 0.25) is 6.29 Å². The third kappa shape index (κ3) is 6.54. The molecule has 0 saturated carbocycles. The molecular formula is C25H34O10. The van der Waals surface area contributed by atoms with Crippen LogP contribution in [0.3, 0.4) is 0 Å². The van der Waals surface area contributed by atoms with E-state index in [1.54, 1.807) is 30.3 Å². The van der Waals surface area contributed by atoms with Crippen LogP contribution in [0, 0.1) is 11.8 Å². The fourth-order valence-corrected chi connectivity index (χ4v) is 4.16. The molecule has 6 unspecified atom stereocenters. The number of methoxy groups -OCH3 is 2. The lowest BCUT2D eigenvalue weighted by molar-refractivity contribution is -0.242. The van der Waals surface area contributed by atoms with E-state index in [2.05, 4.69) is 0 Å². The van der Waals surface area contributed by atoms with E-state index in [9.17, 15) is 30.6 Å². The fourth-order valence-electron chi connectivity index (χ4n) is 4.16. The van der Waals surface area contributed by atoms with Gasteiger partial charge in [-0.15, -0.1) is 0 Å². The van der Waals surface area contributed by atoms with Crippen molar-refractivity contribution >= 4 is 0 Å². The molecule has 6 atom stereocenters. The highest BCUT2D eigenvalue weighted by Gasteiger charge is 2.39. The molecule has 2 aromatic rings. The van der Waals surface area contributed by atoms with Crippen molar-refractivity contribution in [3.8, 4) is 23.0 Å². The van der Waals surface area contributed by atoms with Crippen LogP contribution in [0.2, 0.25) is 0 Å². The number of aliphatic hydroxyl groups is 5. The van der Waals surface area contributed by atoms with Crippen LogP contribution in [0.5, 0.6) is 23.0 Å². The minimum absolute atomic E-state index is 0.0294. The summed E-state index contributed by atoms with van der Waals surface area (Å²) < 4.78 is 21.6. The first-order valence-electron chi connectivity index (χ1n) is 11.4. The predicted molar refractivity (Wildman–Crippen MR) is 125 cm³/mol. The second-order valence-corrected chi connectivity index (χ2v) is 8.65. The van der Waals surface area contributed by atoms with Crippen molar-refractivity contribution in [3.63, 3.8) is 0 Å². The number of phenolic OH excluding ortho intramolecular Hbond substituents is 1. The van der Waals surface area contributed by atoms with E-state index in [1.165, 1.54) is 20.3 Å². The van der Waals surface area contributed by atoms with Crippen LogP contribution in [-0.4, -0.2) is 89.3 Å². The zero-order chi connectivity index (χ0) is 25.5. The molecule has 2 aromatic carbocycles. The highest BCUT2D eigenvalue weighted by Crippen LogP contribution is 2.33. The topological polar surface area (TPSA) is 158 Å². The molecular weight excluding hydrogens is 460 g/mol. The monoisotopic (exact) mass is 494 g/mol. The van der Waals surface area contributed by atoms with Crippen molar-refractivity contribution in [2.45, 2.75) is 37.4 Å². The van der Waals surface area contributed by atoms with Crippen molar-refractivity contribution < 1.29 is 49.6 Å². The molecule has 35 heavy (non-hydrogen) atoms. The Morgan fingerprint density at radius 1 is 0.829 bits per heavy atom. The second-order valence-electron chi connectivity index (χ2n) is 8.65. The van der Waals surface area contributed by atoms with Crippen LogP contribution in [-0.2, 0) is 17.6 Å². The Morgan fingerprint density at radius 3 is 1.97 bits per heavy atom. The van der Waals surface area contributed by atoms with Crippen molar-refractivity contribution in [3.05, 3.63) is 47.5 Å². The summed E-state index contributed by atoms with van der Waals surface area (Å²) in [5.41, 5.74) is 1.69. The highest BCUT2D eigenvalue weighted by molar-refractivity contribution is 5.44. The summed E-state index contributed by atoms with van der Waals surface area (Å²) in [5.74, 6) is 0.487. The minimum atomic E-state index is -1.44. The summed E-state index contributed by atoms with van der Waals surface area (Å²) in [6.07, 6.45) is -4.30. The second kappa shape index (κ2) is 12.4. The van der Waals surface area contributed by atoms with E-state index in [1.807, 2.05) is 0 Å². The van der Waals surface area contributed by atoms with Gasteiger partial charge in [0.15, 0.2) is 23.0 Å². The molecule has 10 heteroatoms. The Morgan fingerprint density at radius 2 is 1.40 bits per heavy atom. The fraction of sp³-hybridized carbons (Fsp3) is 0.520. The zero-order valence-corrected chi connectivity index (χ0v) is 19.8. The van der Waals surface area contributed by atoms with E-state index in [0.717, 1.165) is 11.1 Å². The summed E-state index contributed by atoms with van der Waals surface area (Å²) >= 11 is 0. The molecule has 6 N–H and O–H groups in total. The average molecular weight is 495 g/mol. The van der Waals surface area contributed by atoms with Crippen molar-refractivity contribution in [1.29, 1.82) is 0 Å². The molecule has 0 aliphatic carbocycles. The van der Waals surface area contributed by atoms with Crippen molar-refractivity contribution in [2.24, 2.45) is 11.8 Å². The molecule has 1 aliphatic rings. The van der Waals surface area contributed by atoms with Crippen LogP contribution < -0.4 is 14.2 Å². The SMILES string of the molecule is COc1cc(CC(CO)C(CO)Cc2ccc(OC3OCC(O)C(O)C3O)c(OC)c2)ccc1O. The van der Waals surface area contributed by atoms with Crippen LogP contribution >= 0.6 is 0 Å². The standard InChI is InChI=1S/C25H34O10/c1-32-21-9-14(3-5-18(21)28)7-16(11-26)17(12-27)8-15-4-6-20(22(10-15)33-2)35-25-24(31)23(30)19(29)13-34-25/h3-6,9-10,16-17,19,23-31H,7-8,11-13H2,1-2H3. The molecule has 0 radical (unpaired) electrons. The number of aromatic hydroxyl groups is 1. The van der Waals surface area contributed by atoms with Crippen LogP contribution in [0.15, 0.2) is 36.4 Å². The Labute approximate surface area is 203 Å². The van der Waals surface area contributed by atoms with Crippen LogP contribution in [0.1, 0.15) is 11.1 Å². The molecule has 10 nitrogen and oxygen atoms in total. The van der Waals surface area contributed by atoms with E-state index >= 15 is 0 Å². The van der Waals surface area contributed by atoms with E-state index < -0.39 is 24.6 Å². The van der Waals surface area contributed by atoms with Crippen LogP contribution in [0.4, 0.5) is 0 Å². The number of rotatable bonds is 11.